The van der Waals surface area contributed by atoms with E-state index >= 15 is 0 Å². The number of nitrogens with zero attached hydrogens (tertiary/aromatic N) is 1. The molecule has 4 rings (SSSR count). The Hall–Kier alpha value is -3.11. The molecule has 4 aromatic rings. The van der Waals surface area contributed by atoms with E-state index in [0.29, 0.717) is 5.56 Å². The topological polar surface area (TPSA) is 23.8 Å². The number of nitriles is 1. The minimum absolute atomic E-state index is 0.155. The van der Waals surface area contributed by atoms with Gasteiger partial charge in [-0.25, -0.2) is 0 Å². The lowest BCUT2D eigenvalue weighted by Crippen LogP contribution is -2.10. The molecule has 0 unspecified atom stereocenters. The van der Waals surface area contributed by atoms with Crippen molar-refractivity contribution in [2.45, 2.75) is 26.2 Å². The highest BCUT2D eigenvalue weighted by molar-refractivity contribution is 6.08. The van der Waals surface area contributed by atoms with E-state index in [1.54, 1.807) is 0 Å². The van der Waals surface area contributed by atoms with E-state index < -0.39 is 0 Å². The van der Waals surface area contributed by atoms with Crippen molar-refractivity contribution < 1.29 is 0 Å². The molecule has 0 aliphatic rings. The van der Waals surface area contributed by atoms with Gasteiger partial charge in [0.25, 0.3) is 0 Å². The molecule has 0 aliphatic carbocycles. The van der Waals surface area contributed by atoms with E-state index in [1.807, 2.05) is 24.3 Å². The molecule has 4 aromatic carbocycles. The summed E-state index contributed by atoms with van der Waals surface area (Å²) >= 11 is 0. The van der Waals surface area contributed by atoms with Gasteiger partial charge in [0.1, 0.15) is 0 Å². The zero-order chi connectivity index (χ0) is 18.3. The molecule has 0 N–H and O–H groups in total. The van der Waals surface area contributed by atoms with Crippen molar-refractivity contribution in [1.29, 1.82) is 5.26 Å². The number of hydrogen-bond acceptors (Lipinski definition) is 1. The fourth-order valence-electron chi connectivity index (χ4n) is 3.45. The summed E-state index contributed by atoms with van der Waals surface area (Å²) in [6.07, 6.45) is 0. The molecular weight excluding hydrogens is 314 g/mol. The fraction of sp³-hybridized carbons (Fsp3) is 0.160. The first kappa shape index (κ1) is 16.4. The third kappa shape index (κ3) is 2.85. The lowest BCUT2D eigenvalue weighted by atomic mass is 9.85. The van der Waals surface area contributed by atoms with Crippen LogP contribution in [0.25, 0.3) is 32.7 Å². The van der Waals surface area contributed by atoms with Gasteiger partial charge in [0.2, 0.25) is 0 Å². The molecule has 0 amide bonds. The maximum Gasteiger partial charge on any atom is 0.0991 e. The first-order valence-electron chi connectivity index (χ1n) is 8.93. The first-order chi connectivity index (χ1) is 12.5. The molecule has 26 heavy (non-hydrogen) atoms. The van der Waals surface area contributed by atoms with Gasteiger partial charge in [-0.15, -0.1) is 0 Å². The zero-order valence-electron chi connectivity index (χ0n) is 15.4. The molecule has 1 heteroatoms. The molecule has 0 bridgehead atoms. The average molecular weight is 335 g/mol. The van der Waals surface area contributed by atoms with Crippen LogP contribution in [0.3, 0.4) is 0 Å². The fourth-order valence-corrected chi connectivity index (χ4v) is 3.45. The normalized spacial score (nSPS) is 11.6. The van der Waals surface area contributed by atoms with Gasteiger partial charge in [0.05, 0.1) is 11.6 Å². The van der Waals surface area contributed by atoms with Crippen molar-refractivity contribution in [3.05, 3.63) is 83.9 Å². The van der Waals surface area contributed by atoms with E-state index in [-0.39, 0.29) is 5.41 Å². The highest BCUT2D eigenvalue weighted by Gasteiger charge is 2.14. The standard InChI is InChI=1S/C25H21N/c1-25(2,3)22-11-13-24-21(15-22)9-8-20-14-19(10-12-23(20)24)18-6-4-17(16-26)5-7-18/h4-15H,1-3H3. The third-order valence-corrected chi connectivity index (χ3v) is 5.05. The van der Waals surface area contributed by atoms with Crippen LogP contribution in [0.1, 0.15) is 31.9 Å². The predicted molar refractivity (Wildman–Crippen MR) is 110 cm³/mol. The summed E-state index contributed by atoms with van der Waals surface area (Å²) in [6.45, 7) is 6.75. The second kappa shape index (κ2) is 6.00. The zero-order valence-corrected chi connectivity index (χ0v) is 15.4. The average Bonchev–Trinajstić information content (AvgIpc) is 2.66. The second-order valence-electron chi connectivity index (χ2n) is 7.88. The van der Waals surface area contributed by atoms with Crippen molar-refractivity contribution in [2.75, 3.05) is 0 Å². The van der Waals surface area contributed by atoms with Gasteiger partial charge in [-0.2, -0.15) is 5.26 Å². The quantitative estimate of drug-likeness (QED) is 0.350. The molecule has 126 valence electrons. The van der Waals surface area contributed by atoms with Crippen molar-refractivity contribution in [3.8, 4) is 17.2 Å². The summed E-state index contributed by atoms with van der Waals surface area (Å²) in [5.74, 6) is 0. The molecule has 0 spiro atoms. The summed E-state index contributed by atoms with van der Waals surface area (Å²) in [5.41, 5.74) is 4.51. The molecule has 0 radical (unpaired) electrons. The van der Waals surface area contributed by atoms with Gasteiger partial charge in [0.15, 0.2) is 0 Å². The monoisotopic (exact) mass is 335 g/mol. The van der Waals surface area contributed by atoms with Crippen LogP contribution in [0.4, 0.5) is 0 Å². The van der Waals surface area contributed by atoms with Gasteiger partial charge >= 0.3 is 0 Å². The van der Waals surface area contributed by atoms with Crippen LogP contribution >= 0.6 is 0 Å². The van der Waals surface area contributed by atoms with Crippen LogP contribution < -0.4 is 0 Å². The maximum atomic E-state index is 8.96. The Morgan fingerprint density at radius 2 is 1.23 bits per heavy atom. The van der Waals surface area contributed by atoms with Crippen molar-refractivity contribution >= 4 is 21.5 Å². The number of hydrogen-bond donors (Lipinski definition) is 0. The van der Waals surface area contributed by atoms with Crippen molar-refractivity contribution in [3.63, 3.8) is 0 Å². The predicted octanol–water partition coefficient (Wildman–Crippen LogP) is 6.83. The smallest absolute Gasteiger partial charge is 0.0991 e. The number of benzene rings is 4. The second-order valence-corrected chi connectivity index (χ2v) is 7.88. The molecule has 0 heterocycles. The van der Waals surface area contributed by atoms with Crippen LogP contribution in [0, 0.1) is 11.3 Å². The summed E-state index contributed by atoms with van der Waals surface area (Å²) in [7, 11) is 0. The summed E-state index contributed by atoms with van der Waals surface area (Å²) in [4.78, 5) is 0. The van der Waals surface area contributed by atoms with Crippen LogP contribution in [-0.2, 0) is 5.41 Å². The molecule has 0 saturated heterocycles. The summed E-state index contributed by atoms with van der Waals surface area (Å²) < 4.78 is 0. The van der Waals surface area contributed by atoms with E-state index in [4.69, 9.17) is 5.26 Å². The molecule has 0 atom stereocenters. The molecular formula is C25H21N. The first-order valence-corrected chi connectivity index (χ1v) is 8.93. The Kier molecular flexibility index (Phi) is 3.78. The van der Waals surface area contributed by atoms with Gasteiger partial charge in [-0.1, -0.05) is 75.4 Å². The van der Waals surface area contributed by atoms with E-state index in [0.717, 1.165) is 5.56 Å². The molecule has 0 fully saturated rings. The van der Waals surface area contributed by atoms with E-state index in [2.05, 4.69) is 75.4 Å². The van der Waals surface area contributed by atoms with Crippen LogP contribution in [-0.4, -0.2) is 0 Å². The molecule has 0 aromatic heterocycles. The van der Waals surface area contributed by atoms with E-state index in [9.17, 15) is 0 Å². The van der Waals surface area contributed by atoms with Crippen LogP contribution in [0.5, 0.6) is 0 Å². The Balaban J connectivity index is 1.84. The van der Waals surface area contributed by atoms with Gasteiger partial charge < -0.3 is 0 Å². The molecule has 0 aliphatic heterocycles. The van der Waals surface area contributed by atoms with Gasteiger partial charge in [-0.3, -0.25) is 0 Å². The largest absolute Gasteiger partial charge is 0.192 e. The Labute approximate surface area is 154 Å². The Bertz CT molecular complexity index is 1150. The van der Waals surface area contributed by atoms with Crippen molar-refractivity contribution in [1.82, 2.24) is 0 Å². The van der Waals surface area contributed by atoms with Gasteiger partial charge in [0, 0.05) is 0 Å². The van der Waals surface area contributed by atoms with Crippen molar-refractivity contribution in [2.24, 2.45) is 0 Å². The summed E-state index contributed by atoms with van der Waals surface area (Å²) in [5, 5.41) is 14.1. The highest BCUT2D eigenvalue weighted by atomic mass is 14.2. The maximum absolute atomic E-state index is 8.96. The van der Waals surface area contributed by atoms with Gasteiger partial charge in [-0.05, 0) is 61.8 Å². The minimum atomic E-state index is 0.155. The Morgan fingerprint density at radius 3 is 1.85 bits per heavy atom. The van der Waals surface area contributed by atoms with E-state index in [1.165, 1.54) is 32.7 Å². The summed E-state index contributed by atoms with van der Waals surface area (Å²) in [6, 6.07) is 27.8. The molecule has 1 nitrogen and oxygen atoms in total. The lowest BCUT2D eigenvalue weighted by Gasteiger charge is -2.19. The lowest BCUT2D eigenvalue weighted by molar-refractivity contribution is 0.591. The Morgan fingerprint density at radius 1 is 0.654 bits per heavy atom. The van der Waals surface area contributed by atoms with Crippen LogP contribution in [0.2, 0.25) is 0 Å². The molecule has 0 saturated carbocycles. The SMILES string of the molecule is CC(C)(C)c1ccc2c(ccc3cc(-c4ccc(C#N)cc4)ccc32)c1. The van der Waals surface area contributed by atoms with Crippen LogP contribution in [0.15, 0.2) is 72.8 Å². The minimum Gasteiger partial charge on any atom is -0.192 e. The third-order valence-electron chi connectivity index (χ3n) is 5.05. The number of rotatable bonds is 1. The highest BCUT2D eigenvalue weighted by Crippen LogP contribution is 2.32. The number of fused-ring (bicyclic) bond motifs is 3.